The van der Waals surface area contributed by atoms with Gasteiger partial charge in [0, 0.05) is 17.1 Å². The van der Waals surface area contributed by atoms with Crippen molar-refractivity contribution in [2.75, 3.05) is 7.05 Å². The maximum atomic E-state index is 13.4. The van der Waals surface area contributed by atoms with E-state index < -0.39 is 0 Å². The summed E-state index contributed by atoms with van der Waals surface area (Å²) in [4.78, 5) is 4.22. The second-order valence-electron chi connectivity index (χ2n) is 4.86. The van der Waals surface area contributed by atoms with Gasteiger partial charge in [-0.3, -0.25) is 4.98 Å². The van der Waals surface area contributed by atoms with E-state index in [2.05, 4.69) is 10.3 Å². The molecule has 3 aromatic rings. The lowest BCUT2D eigenvalue weighted by Crippen LogP contribution is -2.18. The van der Waals surface area contributed by atoms with E-state index >= 15 is 0 Å². The van der Waals surface area contributed by atoms with Crippen molar-refractivity contribution in [2.45, 2.75) is 6.04 Å². The number of benzene rings is 2. The minimum absolute atomic E-state index is 0.122. The van der Waals surface area contributed by atoms with Gasteiger partial charge in [-0.25, -0.2) is 4.39 Å². The number of halogens is 1. The van der Waals surface area contributed by atoms with Crippen LogP contribution in [-0.4, -0.2) is 17.1 Å². The molecule has 0 amide bonds. The lowest BCUT2D eigenvalue weighted by Gasteiger charge is -2.19. The summed E-state index contributed by atoms with van der Waals surface area (Å²) in [6.45, 7) is 0. The molecule has 0 bridgehead atoms. The van der Waals surface area contributed by atoms with Gasteiger partial charge in [-0.05, 0) is 30.8 Å². The molecule has 3 nitrogen and oxygen atoms in total. The van der Waals surface area contributed by atoms with Crippen LogP contribution in [0.1, 0.15) is 17.2 Å². The van der Waals surface area contributed by atoms with Crippen LogP contribution in [0.15, 0.2) is 54.7 Å². The number of aromatic hydroxyl groups is 1. The quantitative estimate of drug-likeness (QED) is 0.774. The molecule has 0 saturated carbocycles. The van der Waals surface area contributed by atoms with Crippen LogP contribution in [0.3, 0.4) is 0 Å². The van der Waals surface area contributed by atoms with E-state index in [0.29, 0.717) is 11.1 Å². The van der Waals surface area contributed by atoms with Crippen LogP contribution in [0.2, 0.25) is 0 Å². The third kappa shape index (κ3) is 2.45. The Kier molecular flexibility index (Phi) is 3.54. The van der Waals surface area contributed by atoms with Gasteiger partial charge in [-0.1, -0.05) is 30.3 Å². The van der Waals surface area contributed by atoms with Crippen LogP contribution in [0.5, 0.6) is 5.75 Å². The summed E-state index contributed by atoms with van der Waals surface area (Å²) in [5.41, 5.74) is 1.98. The number of nitrogens with one attached hydrogen (secondary N) is 1. The highest BCUT2D eigenvalue weighted by atomic mass is 19.1. The Morgan fingerprint density at radius 2 is 2.00 bits per heavy atom. The first-order valence-corrected chi connectivity index (χ1v) is 6.70. The number of aromatic nitrogens is 1. The molecular weight excluding hydrogens is 267 g/mol. The van der Waals surface area contributed by atoms with Gasteiger partial charge in [0.2, 0.25) is 0 Å². The molecule has 0 aliphatic rings. The zero-order valence-corrected chi connectivity index (χ0v) is 11.5. The van der Waals surface area contributed by atoms with Crippen LogP contribution < -0.4 is 5.32 Å². The minimum atomic E-state index is -0.300. The van der Waals surface area contributed by atoms with E-state index in [1.807, 2.05) is 30.3 Å². The summed E-state index contributed by atoms with van der Waals surface area (Å²) in [6, 6.07) is 13.5. The summed E-state index contributed by atoms with van der Waals surface area (Å²) >= 11 is 0. The summed E-state index contributed by atoms with van der Waals surface area (Å²) in [5.74, 6) is -0.178. The van der Waals surface area contributed by atoms with Crippen molar-refractivity contribution in [3.05, 3.63) is 71.7 Å². The van der Waals surface area contributed by atoms with Crippen molar-refractivity contribution in [3.63, 3.8) is 0 Å². The molecule has 1 aromatic heterocycles. The number of hydrogen-bond donors (Lipinski definition) is 2. The minimum Gasteiger partial charge on any atom is -0.505 e. The molecule has 2 N–H and O–H groups in total. The maximum absolute atomic E-state index is 13.4. The van der Waals surface area contributed by atoms with Crippen molar-refractivity contribution < 1.29 is 9.50 Å². The molecule has 0 saturated heterocycles. The summed E-state index contributed by atoms with van der Waals surface area (Å²) in [6.07, 6.45) is 1.64. The normalized spacial score (nSPS) is 12.5. The zero-order chi connectivity index (χ0) is 14.8. The number of rotatable bonds is 3. The molecule has 0 spiro atoms. The van der Waals surface area contributed by atoms with Gasteiger partial charge in [0.15, 0.2) is 0 Å². The Labute approximate surface area is 122 Å². The largest absolute Gasteiger partial charge is 0.505 e. The Bertz CT molecular complexity index is 789. The molecular formula is C17H15FN2O. The number of pyridine rings is 1. The number of hydrogen-bond acceptors (Lipinski definition) is 3. The molecule has 2 aromatic carbocycles. The summed E-state index contributed by atoms with van der Waals surface area (Å²) in [5, 5.41) is 14.5. The average Bonchev–Trinajstić information content (AvgIpc) is 2.51. The monoisotopic (exact) mass is 282 g/mol. The van der Waals surface area contributed by atoms with Gasteiger partial charge in [-0.2, -0.15) is 0 Å². The third-order valence-electron chi connectivity index (χ3n) is 3.56. The SMILES string of the molecule is CNC(c1cccc(F)c1)c1ccc2cccnc2c1O. The van der Waals surface area contributed by atoms with E-state index in [4.69, 9.17) is 0 Å². The van der Waals surface area contributed by atoms with Gasteiger partial charge in [0.1, 0.15) is 17.1 Å². The average molecular weight is 282 g/mol. The lowest BCUT2D eigenvalue weighted by atomic mass is 9.96. The summed E-state index contributed by atoms with van der Waals surface area (Å²) < 4.78 is 13.4. The standard InChI is InChI=1S/C17H15FN2O/c1-19-15(12-4-2-6-13(18)10-12)14-8-7-11-5-3-9-20-16(11)17(14)21/h2-10,15,19,21H,1H3. The molecule has 106 valence electrons. The van der Waals surface area contributed by atoms with Gasteiger partial charge < -0.3 is 10.4 Å². The first kappa shape index (κ1) is 13.5. The molecule has 1 unspecified atom stereocenters. The zero-order valence-electron chi connectivity index (χ0n) is 11.5. The second kappa shape index (κ2) is 5.50. The first-order chi connectivity index (χ1) is 10.2. The molecule has 1 atom stereocenters. The van der Waals surface area contributed by atoms with Crippen molar-refractivity contribution in [1.29, 1.82) is 0 Å². The highest BCUT2D eigenvalue weighted by Gasteiger charge is 2.18. The van der Waals surface area contributed by atoms with Crippen LogP contribution >= 0.6 is 0 Å². The molecule has 0 aliphatic heterocycles. The Morgan fingerprint density at radius 3 is 2.76 bits per heavy atom. The van der Waals surface area contributed by atoms with Crippen molar-refractivity contribution in [2.24, 2.45) is 0 Å². The van der Waals surface area contributed by atoms with Crippen LogP contribution in [0.25, 0.3) is 10.9 Å². The van der Waals surface area contributed by atoms with E-state index in [-0.39, 0.29) is 17.6 Å². The second-order valence-corrected chi connectivity index (χ2v) is 4.86. The Hall–Kier alpha value is -2.46. The predicted octanol–water partition coefficient (Wildman–Crippen LogP) is 3.39. The highest BCUT2D eigenvalue weighted by Crippen LogP contribution is 2.34. The molecule has 21 heavy (non-hydrogen) atoms. The van der Waals surface area contributed by atoms with E-state index in [9.17, 15) is 9.50 Å². The third-order valence-corrected chi connectivity index (χ3v) is 3.56. The maximum Gasteiger partial charge on any atom is 0.146 e. The molecule has 1 heterocycles. The highest BCUT2D eigenvalue weighted by molar-refractivity contribution is 5.85. The van der Waals surface area contributed by atoms with E-state index in [0.717, 1.165) is 10.9 Å². The smallest absolute Gasteiger partial charge is 0.146 e. The summed E-state index contributed by atoms with van der Waals surface area (Å²) in [7, 11) is 1.78. The van der Waals surface area contributed by atoms with Crippen LogP contribution in [0.4, 0.5) is 4.39 Å². The van der Waals surface area contributed by atoms with Crippen molar-refractivity contribution in [3.8, 4) is 5.75 Å². The van der Waals surface area contributed by atoms with E-state index in [1.54, 1.807) is 19.3 Å². The molecule has 0 aliphatic carbocycles. The first-order valence-electron chi connectivity index (χ1n) is 6.70. The fraction of sp³-hybridized carbons (Fsp3) is 0.118. The number of phenols is 1. The van der Waals surface area contributed by atoms with Gasteiger partial charge in [-0.15, -0.1) is 0 Å². The van der Waals surface area contributed by atoms with Crippen LogP contribution in [-0.2, 0) is 0 Å². The topological polar surface area (TPSA) is 45.2 Å². The number of phenolic OH excluding ortho intramolecular Hbond substituents is 1. The number of nitrogens with zero attached hydrogens (tertiary/aromatic N) is 1. The van der Waals surface area contributed by atoms with Crippen molar-refractivity contribution >= 4 is 10.9 Å². The van der Waals surface area contributed by atoms with Crippen LogP contribution in [0, 0.1) is 5.82 Å². The van der Waals surface area contributed by atoms with Gasteiger partial charge >= 0.3 is 0 Å². The molecule has 0 radical (unpaired) electrons. The fourth-order valence-corrected chi connectivity index (χ4v) is 2.57. The van der Waals surface area contributed by atoms with E-state index in [1.165, 1.54) is 12.1 Å². The lowest BCUT2D eigenvalue weighted by molar-refractivity contribution is 0.465. The fourth-order valence-electron chi connectivity index (χ4n) is 2.57. The van der Waals surface area contributed by atoms with Gasteiger partial charge in [0.25, 0.3) is 0 Å². The molecule has 3 rings (SSSR count). The Balaban J connectivity index is 2.15. The van der Waals surface area contributed by atoms with Gasteiger partial charge in [0.05, 0.1) is 6.04 Å². The predicted molar refractivity (Wildman–Crippen MR) is 80.7 cm³/mol. The van der Waals surface area contributed by atoms with Crippen molar-refractivity contribution in [1.82, 2.24) is 10.3 Å². The molecule has 4 heteroatoms. The Morgan fingerprint density at radius 1 is 1.14 bits per heavy atom. The number of fused-ring (bicyclic) bond motifs is 1. The molecule has 0 fully saturated rings.